The van der Waals surface area contributed by atoms with Crippen LogP contribution < -0.4 is 21.5 Å². The number of nitrogens with zero attached hydrogens (tertiary/aromatic N) is 5. The van der Waals surface area contributed by atoms with Crippen molar-refractivity contribution in [1.29, 1.82) is 0 Å². The van der Waals surface area contributed by atoms with E-state index in [4.69, 9.17) is 0 Å². The number of amides is 2. The van der Waals surface area contributed by atoms with Gasteiger partial charge >= 0.3 is 18.0 Å². The molecule has 2 N–H and O–H groups in total. The first-order valence-electron chi connectivity index (χ1n) is 17.5. The van der Waals surface area contributed by atoms with Crippen molar-refractivity contribution in [3.05, 3.63) is 133 Å². The lowest BCUT2D eigenvalue weighted by molar-refractivity contribution is -0.138. The molecule has 0 aliphatic carbocycles. The summed E-state index contributed by atoms with van der Waals surface area (Å²) >= 11 is 0. The Kier molecular flexibility index (Phi) is 11.7. The molecule has 5 rings (SSSR count). The summed E-state index contributed by atoms with van der Waals surface area (Å²) in [5, 5.41) is 13.0. The van der Waals surface area contributed by atoms with E-state index in [9.17, 15) is 37.5 Å². The summed E-state index contributed by atoms with van der Waals surface area (Å²) in [6, 6.07) is 17.1. The second kappa shape index (κ2) is 15.9. The van der Waals surface area contributed by atoms with Crippen LogP contribution in [-0.4, -0.2) is 74.8 Å². The molecule has 1 atom stereocenters. The number of hydrogen-bond donors (Lipinski definition) is 2. The van der Waals surface area contributed by atoms with E-state index in [1.54, 1.807) is 81.2 Å². The van der Waals surface area contributed by atoms with Crippen molar-refractivity contribution in [3.8, 4) is 0 Å². The molecule has 2 amide bonds. The zero-order chi connectivity index (χ0) is 39.5. The standard InChI is InChI=1S/C39H44F4N6O5/c1-25-33(46-19-17-45(18-20-46)22-26-11-9-14-28(21-26)34(50)44-5)35(51)48(24-32(27-12-7-6-8-13-27)49(37(53)54)38(2,3)4)36(52)47(25)23-29-30(39(41,42)43)15-10-16-31(29)40/h6-16,21,32H,17-20,22-24H2,1-5H3,(H,44,50)(H,53,54)/t32-/m0/s1. The Balaban J connectivity index is 1.61. The molecule has 0 saturated carbocycles. The number of carbonyl (C=O) groups is 2. The predicted molar refractivity (Wildman–Crippen MR) is 196 cm³/mol. The largest absolute Gasteiger partial charge is 0.465 e. The van der Waals surface area contributed by atoms with E-state index in [0.717, 1.165) is 37.8 Å². The van der Waals surface area contributed by atoms with Gasteiger partial charge in [-0.15, -0.1) is 0 Å². The summed E-state index contributed by atoms with van der Waals surface area (Å²) in [5.74, 6) is -1.39. The maximum atomic E-state index is 15.2. The second-order valence-electron chi connectivity index (χ2n) is 14.3. The second-order valence-corrected chi connectivity index (χ2v) is 14.3. The van der Waals surface area contributed by atoms with Crippen molar-refractivity contribution >= 4 is 17.7 Å². The van der Waals surface area contributed by atoms with Gasteiger partial charge in [0.25, 0.3) is 11.5 Å². The average molecular weight is 753 g/mol. The van der Waals surface area contributed by atoms with E-state index in [1.165, 1.54) is 6.92 Å². The number of alkyl halides is 3. The van der Waals surface area contributed by atoms with E-state index in [-0.39, 0.29) is 17.3 Å². The third kappa shape index (κ3) is 8.51. The maximum absolute atomic E-state index is 15.2. The van der Waals surface area contributed by atoms with Crippen LogP contribution in [0.1, 0.15) is 65.1 Å². The van der Waals surface area contributed by atoms with Gasteiger partial charge in [-0.3, -0.25) is 28.5 Å². The summed E-state index contributed by atoms with van der Waals surface area (Å²) in [5.41, 5.74) is -2.79. The molecule has 288 valence electrons. The maximum Gasteiger partial charge on any atom is 0.416 e. The molecule has 0 bridgehead atoms. The Morgan fingerprint density at radius 2 is 1.54 bits per heavy atom. The van der Waals surface area contributed by atoms with Crippen molar-refractivity contribution in [1.82, 2.24) is 24.3 Å². The minimum absolute atomic E-state index is 0.0465. The van der Waals surface area contributed by atoms with Gasteiger partial charge in [-0.1, -0.05) is 48.5 Å². The van der Waals surface area contributed by atoms with Crippen LogP contribution >= 0.6 is 0 Å². The quantitative estimate of drug-likeness (QED) is 0.199. The zero-order valence-electron chi connectivity index (χ0n) is 30.8. The van der Waals surface area contributed by atoms with Crippen molar-refractivity contribution < 1.29 is 32.3 Å². The Hall–Kier alpha value is -5.44. The minimum atomic E-state index is -4.94. The van der Waals surface area contributed by atoms with Gasteiger partial charge in [0.1, 0.15) is 11.5 Å². The topological polar surface area (TPSA) is 120 Å². The minimum Gasteiger partial charge on any atom is -0.465 e. The smallest absolute Gasteiger partial charge is 0.416 e. The van der Waals surface area contributed by atoms with Gasteiger partial charge in [-0.25, -0.2) is 14.0 Å². The summed E-state index contributed by atoms with van der Waals surface area (Å²) in [6.45, 7) is 7.16. The Morgan fingerprint density at radius 1 is 0.889 bits per heavy atom. The van der Waals surface area contributed by atoms with Crippen LogP contribution in [-0.2, 0) is 25.8 Å². The highest BCUT2D eigenvalue weighted by atomic mass is 19.4. The average Bonchev–Trinajstić information content (AvgIpc) is 3.11. The first-order chi connectivity index (χ1) is 25.4. The van der Waals surface area contributed by atoms with Crippen molar-refractivity contribution in [2.75, 3.05) is 38.1 Å². The fourth-order valence-corrected chi connectivity index (χ4v) is 7.06. The Labute approximate surface area is 310 Å². The van der Waals surface area contributed by atoms with Crippen LogP contribution in [0.3, 0.4) is 0 Å². The number of rotatable bonds is 10. The van der Waals surface area contributed by atoms with Gasteiger partial charge in [-0.2, -0.15) is 13.2 Å². The van der Waals surface area contributed by atoms with Crippen LogP contribution in [0.5, 0.6) is 0 Å². The van der Waals surface area contributed by atoms with Gasteiger partial charge in [0, 0.05) is 62.1 Å². The number of benzene rings is 3. The number of halogens is 4. The lowest BCUT2D eigenvalue weighted by Crippen LogP contribution is -2.53. The number of piperazine rings is 1. The molecule has 1 aliphatic heterocycles. The molecule has 54 heavy (non-hydrogen) atoms. The molecule has 2 heterocycles. The van der Waals surface area contributed by atoms with Crippen LogP contribution in [0.2, 0.25) is 0 Å². The molecule has 4 aromatic rings. The van der Waals surface area contributed by atoms with Gasteiger partial charge in [0.15, 0.2) is 0 Å². The van der Waals surface area contributed by atoms with Crippen LogP contribution in [0.4, 0.5) is 28.0 Å². The molecule has 3 aromatic carbocycles. The Bertz CT molecular complexity index is 2120. The fraction of sp³-hybridized carbons (Fsp3) is 0.385. The van der Waals surface area contributed by atoms with E-state index >= 15 is 4.39 Å². The first kappa shape index (κ1) is 39.8. The molecule has 11 nitrogen and oxygen atoms in total. The number of carboxylic acid groups (broad SMARTS) is 1. The molecular formula is C39H44F4N6O5. The molecule has 0 radical (unpaired) electrons. The molecule has 1 fully saturated rings. The summed E-state index contributed by atoms with van der Waals surface area (Å²) in [4.78, 5) is 58.9. The highest BCUT2D eigenvalue weighted by Crippen LogP contribution is 2.34. The lowest BCUT2D eigenvalue weighted by atomic mass is 9.98. The molecule has 0 spiro atoms. The zero-order valence-corrected chi connectivity index (χ0v) is 30.8. The van der Waals surface area contributed by atoms with Crippen LogP contribution in [0.25, 0.3) is 0 Å². The van der Waals surface area contributed by atoms with E-state index in [1.807, 2.05) is 6.07 Å². The van der Waals surface area contributed by atoms with Gasteiger partial charge in [0.05, 0.1) is 24.7 Å². The van der Waals surface area contributed by atoms with E-state index < -0.39 is 65.1 Å². The van der Waals surface area contributed by atoms with Crippen molar-refractivity contribution in [3.63, 3.8) is 0 Å². The third-order valence-corrected chi connectivity index (χ3v) is 9.69. The highest BCUT2D eigenvalue weighted by Gasteiger charge is 2.37. The van der Waals surface area contributed by atoms with Gasteiger partial charge in [-0.05, 0) is 63.1 Å². The monoisotopic (exact) mass is 752 g/mol. The van der Waals surface area contributed by atoms with Gasteiger partial charge < -0.3 is 15.3 Å². The number of anilines is 1. The van der Waals surface area contributed by atoms with Crippen molar-refractivity contribution in [2.45, 2.75) is 65.1 Å². The van der Waals surface area contributed by atoms with E-state index in [2.05, 4.69) is 10.2 Å². The number of aromatic nitrogens is 2. The molecule has 1 saturated heterocycles. The normalized spacial score (nSPS) is 14.5. The molecule has 0 unspecified atom stereocenters. The fourth-order valence-electron chi connectivity index (χ4n) is 7.06. The molecule has 15 heteroatoms. The SMILES string of the molecule is CNC(=O)c1cccc(CN2CCN(c3c(C)n(Cc4c(F)cccc4C(F)(F)F)c(=O)n(C[C@@H](c4ccccc4)N(C(=O)O)C(C)(C)C)c3=O)CC2)c1. The highest BCUT2D eigenvalue weighted by molar-refractivity contribution is 5.94. The molecule has 1 aliphatic rings. The number of nitrogens with one attached hydrogen (secondary N) is 1. The summed E-state index contributed by atoms with van der Waals surface area (Å²) < 4.78 is 59.5. The number of carbonyl (C=O) groups excluding carboxylic acids is 1. The summed E-state index contributed by atoms with van der Waals surface area (Å²) in [7, 11) is 1.55. The van der Waals surface area contributed by atoms with Gasteiger partial charge in [0.2, 0.25) is 0 Å². The Morgan fingerprint density at radius 3 is 2.13 bits per heavy atom. The lowest BCUT2D eigenvalue weighted by Gasteiger charge is -2.40. The van der Waals surface area contributed by atoms with E-state index in [0.29, 0.717) is 43.9 Å². The third-order valence-electron chi connectivity index (χ3n) is 9.69. The number of hydrogen-bond acceptors (Lipinski definition) is 6. The predicted octanol–water partition coefficient (Wildman–Crippen LogP) is 5.73. The first-order valence-corrected chi connectivity index (χ1v) is 17.5. The summed E-state index contributed by atoms with van der Waals surface area (Å²) in [6.07, 6.45) is -6.24. The van der Waals surface area contributed by atoms with Crippen molar-refractivity contribution in [2.24, 2.45) is 0 Å². The van der Waals surface area contributed by atoms with Crippen LogP contribution in [0, 0.1) is 12.7 Å². The molecule has 1 aromatic heterocycles. The van der Waals surface area contributed by atoms with Crippen LogP contribution in [0.15, 0.2) is 82.4 Å². The molecular weight excluding hydrogens is 708 g/mol.